The summed E-state index contributed by atoms with van der Waals surface area (Å²) in [6.45, 7) is 4.81. The number of hydrogen-bond donors (Lipinski definition) is 1. The van der Waals surface area contributed by atoms with Gasteiger partial charge in [0.2, 0.25) is 5.13 Å². The van der Waals surface area contributed by atoms with Crippen molar-refractivity contribution in [1.82, 2.24) is 25.3 Å². The van der Waals surface area contributed by atoms with Crippen LogP contribution in [0.2, 0.25) is 0 Å². The minimum Gasteiger partial charge on any atom is -0.308 e. The third-order valence-electron chi connectivity index (χ3n) is 2.96. The van der Waals surface area contributed by atoms with E-state index in [0.29, 0.717) is 6.04 Å². The summed E-state index contributed by atoms with van der Waals surface area (Å²) in [6, 6.07) is 0.695. The topological polar surface area (TPSA) is 55.6 Å². The van der Waals surface area contributed by atoms with Crippen LogP contribution >= 0.6 is 27.3 Å². The lowest BCUT2D eigenvalue weighted by molar-refractivity contribution is 0.678. The van der Waals surface area contributed by atoms with Gasteiger partial charge in [0.15, 0.2) is 0 Å². The first kappa shape index (κ1) is 12.3. The van der Waals surface area contributed by atoms with E-state index in [4.69, 9.17) is 0 Å². The first-order valence-electron chi connectivity index (χ1n) is 5.93. The van der Waals surface area contributed by atoms with Gasteiger partial charge in [0, 0.05) is 6.04 Å². The number of nitrogens with zero attached hydrogens (tertiary/aromatic N) is 4. The van der Waals surface area contributed by atoms with Gasteiger partial charge in [0.1, 0.15) is 5.01 Å². The molecule has 1 fully saturated rings. The maximum Gasteiger partial charge on any atom is 0.233 e. The van der Waals surface area contributed by atoms with Crippen molar-refractivity contribution in [2.75, 3.05) is 0 Å². The summed E-state index contributed by atoms with van der Waals surface area (Å²) in [6.07, 6.45) is 2.58. The lowest BCUT2D eigenvalue weighted by Crippen LogP contribution is -2.14. The van der Waals surface area contributed by atoms with Crippen LogP contribution in [0.15, 0.2) is 4.47 Å². The van der Waals surface area contributed by atoms with Gasteiger partial charge in [-0.25, -0.2) is 4.68 Å². The smallest absolute Gasteiger partial charge is 0.233 e. The molecule has 18 heavy (non-hydrogen) atoms. The molecule has 0 saturated heterocycles. The third kappa shape index (κ3) is 2.34. The number of hydrogen-bond acceptors (Lipinski definition) is 5. The predicted molar refractivity (Wildman–Crippen MR) is 74.1 cm³/mol. The minimum absolute atomic E-state index is 0.695. The summed E-state index contributed by atoms with van der Waals surface area (Å²) in [7, 11) is 0. The molecule has 3 rings (SSSR count). The van der Waals surface area contributed by atoms with Crippen LogP contribution in [0.4, 0.5) is 0 Å². The van der Waals surface area contributed by atoms with Crippen LogP contribution in [0.3, 0.4) is 0 Å². The lowest BCUT2D eigenvalue weighted by Gasteiger charge is -1.97. The molecule has 0 atom stereocenters. The summed E-state index contributed by atoms with van der Waals surface area (Å²) in [4.78, 5) is 0. The Morgan fingerprint density at radius 2 is 2.17 bits per heavy atom. The maximum atomic E-state index is 4.46. The number of halogens is 1. The summed E-state index contributed by atoms with van der Waals surface area (Å²) in [5.74, 6) is 0. The van der Waals surface area contributed by atoms with E-state index in [-0.39, 0.29) is 0 Å². The molecule has 1 aliphatic carbocycles. The van der Waals surface area contributed by atoms with Gasteiger partial charge in [-0.05, 0) is 42.6 Å². The molecule has 0 aromatic carbocycles. The molecule has 0 amide bonds. The maximum absolute atomic E-state index is 4.46. The first-order valence-corrected chi connectivity index (χ1v) is 7.54. The van der Waals surface area contributed by atoms with Crippen molar-refractivity contribution in [1.29, 1.82) is 0 Å². The molecule has 5 nitrogen and oxygen atoms in total. The van der Waals surface area contributed by atoms with E-state index in [1.165, 1.54) is 12.8 Å². The van der Waals surface area contributed by atoms with Gasteiger partial charge in [-0.1, -0.05) is 11.3 Å². The fraction of sp³-hybridized carbons (Fsp3) is 0.545. The van der Waals surface area contributed by atoms with Crippen molar-refractivity contribution in [3.8, 4) is 5.13 Å². The van der Waals surface area contributed by atoms with Gasteiger partial charge in [-0.2, -0.15) is 5.10 Å². The number of rotatable bonds is 4. The highest BCUT2D eigenvalue weighted by molar-refractivity contribution is 9.10. The number of nitrogens with one attached hydrogen (secondary N) is 1. The molecule has 7 heteroatoms. The van der Waals surface area contributed by atoms with Gasteiger partial charge in [-0.3, -0.25) is 0 Å². The Hall–Kier alpha value is -0.790. The third-order valence-corrected chi connectivity index (χ3v) is 5.01. The fourth-order valence-electron chi connectivity index (χ4n) is 1.73. The largest absolute Gasteiger partial charge is 0.308 e. The van der Waals surface area contributed by atoms with E-state index in [2.05, 4.69) is 36.5 Å². The molecule has 2 heterocycles. The van der Waals surface area contributed by atoms with Gasteiger partial charge in [-0.15, -0.1) is 10.2 Å². The van der Waals surface area contributed by atoms with E-state index in [1.54, 1.807) is 11.3 Å². The van der Waals surface area contributed by atoms with Crippen molar-refractivity contribution in [2.24, 2.45) is 0 Å². The van der Waals surface area contributed by atoms with Crippen LogP contribution in [0.5, 0.6) is 0 Å². The van der Waals surface area contributed by atoms with Crippen LogP contribution in [-0.2, 0) is 6.54 Å². The molecule has 0 unspecified atom stereocenters. The monoisotopic (exact) mass is 327 g/mol. The summed E-state index contributed by atoms with van der Waals surface area (Å²) >= 11 is 5.11. The molecule has 0 radical (unpaired) electrons. The van der Waals surface area contributed by atoms with Gasteiger partial charge >= 0.3 is 0 Å². The highest BCUT2D eigenvalue weighted by atomic mass is 79.9. The summed E-state index contributed by atoms with van der Waals surface area (Å²) in [5.41, 5.74) is 2.03. The first-order chi connectivity index (χ1) is 8.65. The summed E-state index contributed by atoms with van der Waals surface area (Å²) in [5, 5.41) is 18.1. The van der Waals surface area contributed by atoms with Gasteiger partial charge in [0.05, 0.1) is 22.4 Å². The van der Waals surface area contributed by atoms with Crippen LogP contribution in [-0.4, -0.2) is 26.0 Å². The molecule has 0 aliphatic heterocycles. The molecule has 1 N–H and O–H groups in total. The zero-order chi connectivity index (χ0) is 12.7. The van der Waals surface area contributed by atoms with Crippen molar-refractivity contribution >= 4 is 27.3 Å². The zero-order valence-corrected chi connectivity index (χ0v) is 12.7. The van der Waals surface area contributed by atoms with E-state index < -0.39 is 0 Å². The standard InChI is InChI=1S/C11H14BrN5S/c1-6-10(12)7(2)17(16-6)11-15-14-9(18-11)5-13-8-3-4-8/h8,13H,3-5H2,1-2H3. The Morgan fingerprint density at radius 1 is 1.39 bits per heavy atom. The van der Waals surface area contributed by atoms with Crippen molar-refractivity contribution in [3.05, 3.63) is 20.9 Å². The van der Waals surface area contributed by atoms with Crippen LogP contribution in [0.25, 0.3) is 5.13 Å². The van der Waals surface area contributed by atoms with Gasteiger partial charge < -0.3 is 5.32 Å². The minimum atomic E-state index is 0.695. The molecule has 96 valence electrons. The molecule has 2 aromatic rings. The van der Waals surface area contributed by atoms with Gasteiger partial charge in [0.25, 0.3) is 0 Å². The van der Waals surface area contributed by atoms with Crippen molar-refractivity contribution in [2.45, 2.75) is 39.3 Å². The van der Waals surface area contributed by atoms with E-state index in [9.17, 15) is 0 Å². The molecule has 0 spiro atoms. The van der Waals surface area contributed by atoms with E-state index >= 15 is 0 Å². The van der Waals surface area contributed by atoms with E-state index in [0.717, 1.165) is 32.5 Å². The molecule has 1 aliphatic rings. The molecule has 1 saturated carbocycles. The number of aromatic nitrogens is 4. The second-order valence-corrected chi connectivity index (χ2v) is 6.36. The zero-order valence-electron chi connectivity index (χ0n) is 10.3. The fourth-order valence-corrected chi connectivity index (χ4v) is 2.77. The second-order valence-electron chi connectivity index (χ2n) is 4.53. The molecular weight excluding hydrogens is 314 g/mol. The van der Waals surface area contributed by atoms with Crippen LogP contribution in [0, 0.1) is 13.8 Å². The second kappa shape index (κ2) is 4.71. The normalized spacial score (nSPS) is 15.3. The highest BCUT2D eigenvalue weighted by Crippen LogP contribution is 2.25. The van der Waals surface area contributed by atoms with Crippen LogP contribution in [0.1, 0.15) is 29.2 Å². The van der Waals surface area contributed by atoms with Crippen LogP contribution < -0.4 is 5.32 Å². The quantitative estimate of drug-likeness (QED) is 0.936. The average Bonchev–Trinajstić information content (AvgIpc) is 3.02. The van der Waals surface area contributed by atoms with Crippen molar-refractivity contribution < 1.29 is 0 Å². The molecule has 2 aromatic heterocycles. The Bertz CT molecular complexity index is 572. The Balaban J connectivity index is 1.80. The highest BCUT2D eigenvalue weighted by Gasteiger charge is 2.21. The lowest BCUT2D eigenvalue weighted by atomic mass is 10.4. The van der Waals surface area contributed by atoms with E-state index in [1.807, 2.05) is 18.5 Å². The predicted octanol–water partition coefficient (Wildman–Crippen LogP) is 2.36. The molecular formula is C11H14BrN5S. The van der Waals surface area contributed by atoms with Crippen molar-refractivity contribution in [3.63, 3.8) is 0 Å². The molecule has 0 bridgehead atoms. The summed E-state index contributed by atoms with van der Waals surface area (Å²) < 4.78 is 2.88. The average molecular weight is 328 g/mol. The number of aryl methyl sites for hydroxylation is 1. The Morgan fingerprint density at radius 3 is 2.78 bits per heavy atom. The Labute approximate surface area is 118 Å². The Kier molecular flexibility index (Phi) is 3.21. The SMILES string of the molecule is Cc1nn(-c2nnc(CNC3CC3)s2)c(C)c1Br.